The Bertz CT molecular complexity index is 262. The van der Waals surface area contributed by atoms with Crippen LogP contribution >= 0.6 is 0 Å². The number of hydrogen-bond acceptors (Lipinski definition) is 4. The predicted molar refractivity (Wildman–Crippen MR) is 50.5 cm³/mol. The summed E-state index contributed by atoms with van der Waals surface area (Å²) in [5.74, 6) is -0.343. The maximum atomic E-state index is 11.6. The molecule has 2 rings (SSSR count). The average Bonchev–Trinajstić information content (AvgIpc) is 2.00. The zero-order valence-corrected chi connectivity index (χ0v) is 8.45. The van der Waals surface area contributed by atoms with Gasteiger partial charge in [-0.15, -0.1) is 0 Å². The second-order valence-corrected chi connectivity index (χ2v) is 4.42. The van der Waals surface area contributed by atoms with Gasteiger partial charge < -0.3 is 15.6 Å². The van der Waals surface area contributed by atoms with Crippen LogP contribution < -0.4 is 5.73 Å². The number of esters is 1. The van der Waals surface area contributed by atoms with E-state index in [0.717, 1.165) is 19.3 Å². The Hall–Kier alpha value is -0.610. The molecule has 0 aromatic rings. The van der Waals surface area contributed by atoms with Crippen LogP contribution in [0.3, 0.4) is 0 Å². The number of nitrogens with two attached hydrogens (primary N) is 1. The molecule has 3 N–H and O–H groups in total. The van der Waals surface area contributed by atoms with E-state index in [1.807, 2.05) is 0 Å². The number of carbonyl (C=O) groups excluding carboxylic acids is 1. The third kappa shape index (κ3) is 0.929. The summed E-state index contributed by atoms with van der Waals surface area (Å²) in [5.41, 5.74) is 4.75. The van der Waals surface area contributed by atoms with E-state index in [9.17, 15) is 9.90 Å². The van der Waals surface area contributed by atoms with E-state index in [4.69, 9.17) is 10.5 Å². The maximum absolute atomic E-state index is 11.6. The Morgan fingerprint density at radius 3 is 2.64 bits per heavy atom. The largest absolute Gasteiger partial charge is 0.465 e. The molecule has 0 saturated heterocycles. The topological polar surface area (TPSA) is 72.5 Å². The Labute approximate surface area is 83.4 Å². The van der Waals surface area contributed by atoms with Gasteiger partial charge in [-0.1, -0.05) is 6.42 Å². The van der Waals surface area contributed by atoms with E-state index in [0.29, 0.717) is 13.0 Å². The minimum Gasteiger partial charge on any atom is -0.465 e. The average molecular weight is 199 g/mol. The Kier molecular flexibility index (Phi) is 2.08. The second kappa shape index (κ2) is 2.94. The molecule has 0 unspecified atom stereocenters. The zero-order valence-electron chi connectivity index (χ0n) is 8.45. The third-order valence-corrected chi connectivity index (χ3v) is 3.93. The summed E-state index contributed by atoms with van der Waals surface area (Å²) in [6.45, 7) is 2.12. The minimum absolute atomic E-state index is 0.343. The van der Waals surface area contributed by atoms with Gasteiger partial charge in [0, 0.05) is 11.8 Å². The maximum Gasteiger partial charge on any atom is 0.326 e. The number of aliphatic hydroxyl groups excluding tert-OH is 1. The molecule has 2 aliphatic rings. The molecule has 0 aliphatic heterocycles. The molecule has 0 heterocycles. The first-order valence-corrected chi connectivity index (χ1v) is 5.21. The number of aliphatic hydroxyl groups is 1. The molecule has 0 aromatic heterocycles. The van der Waals surface area contributed by atoms with Gasteiger partial charge in [0.2, 0.25) is 0 Å². The smallest absolute Gasteiger partial charge is 0.326 e. The highest BCUT2D eigenvalue weighted by molar-refractivity contribution is 5.84. The van der Waals surface area contributed by atoms with Crippen LogP contribution in [0.5, 0.6) is 0 Å². The molecule has 80 valence electrons. The van der Waals surface area contributed by atoms with Crippen molar-refractivity contribution in [1.29, 1.82) is 0 Å². The SMILES string of the molecule is CCOC(=O)[C@@]1(N)C[C@H](O)C12CCC2. The van der Waals surface area contributed by atoms with Gasteiger partial charge in [0.1, 0.15) is 5.54 Å². The van der Waals surface area contributed by atoms with Crippen LogP contribution in [0, 0.1) is 5.41 Å². The lowest BCUT2D eigenvalue weighted by Crippen LogP contribution is -2.77. The van der Waals surface area contributed by atoms with E-state index in [1.165, 1.54) is 0 Å². The molecule has 2 fully saturated rings. The zero-order chi connectivity index (χ0) is 10.4. The number of carbonyl (C=O) groups is 1. The predicted octanol–water partition coefficient (Wildman–Crippen LogP) is 0.182. The normalized spacial score (nSPS) is 38.6. The monoisotopic (exact) mass is 199 g/mol. The van der Waals surface area contributed by atoms with Crippen LogP contribution in [0.15, 0.2) is 0 Å². The molecule has 0 amide bonds. The summed E-state index contributed by atoms with van der Waals surface area (Å²) in [6.07, 6.45) is 2.69. The van der Waals surface area contributed by atoms with Crippen LogP contribution in [0.25, 0.3) is 0 Å². The molecule has 4 heteroatoms. The van der Waals surface area contributed by atoms with E-state index in [1.54, 1.807) is 6.92 Å². The van der Waals surface area contributed by atoms with Gasteiger partial charge in [0.15, 0.2) is 0 Å². The van der Waals surface area contributed by atoms with Crippen molar-refractivity contribution >= 4 is 5.97 Å². The highest BCUT2D eigenvalue weighted by Crippen LogP contribution is 2.61. The van der Waals surface area contributed by atoms with Crippen LogP contribution in [0.2, 0.25) is 0 Å². The fourth-order valence-corrected chi connectivity index (χ4v) is 2.75. The standard InChI is InChI=1S/C10H17NO3/c1-2-14-8(13)10(11)6-7(12)9(10)4-3-5-9/h7,12H,2-6,11H2,1H3/t7-,10-/m0/s1. The molecule has 0 radical (unpaired) electrons. The van der Waals surface area contributed by atoms with Crippen molar-refractivity contribution in [3.05, 3.63) is 0 Å². The molecule has 0 aromatic carbocycles. The summed E-state index contributed by atoms with van der Waals surface area (Å²) in [7, 11) is 0. The summed E-state index contributed by atoms with van der Waals surface area (Å²) in [4.78, 5) is 11.6. The minimum atomic E-state index is -0.916. The van der Waals surface area contributed by atoms with Gasteiger partial charge in [-0.2, -0.15) is 0 Å². The second-order valence-electron chi connectivity index (χ2n) is 4.42. The third-order valence-electron chi connectivity index (χ3n) is 3.93. The summed E-state index contributed by atoms with van der Waals surface area (Å²) >= 11 is 0. The van der Waals surface area contributed by atoms with Gasteiger partial charge in [-0.25, -0.2) is 0 Å². The first kappa shape index (κ1) is 9.93. The Morgan fingerprint density at radius 1 is 1.64 bits per heavy atom. The van der Waals surface area contributed by atoms with E-state index < -0.39 is 11.6 Å². The molecular formula is C10H17NO3. The van der Waals surface area contributed by atoms with Crippen molar-refractivity contribution < 1.29 is 14.6 Å². The first-order valence-electron chi connectivity index (χ1n) is 5.21. The van der Waals surface area contributed by atoms with E-state index in [-0.39, 0.29) is 11.4 Å². The Morgan fingerprint density at radius 2 is 2.29 bits per heavy atom. The van der Waals surface area contributed by atoms with Gasteiger partial charge >= 0.3 is 5.97 Å². The van der Waals surface area contributed by atoms with Gasteiger partial charge in [0.05, 0.1) is 12.7 Å². The molecule has 2 atom stereocenters. The Balaban J connectivity index is 2.13. The first-order chi connectivity index (χ1) is 6.57. The highest BCUT2D eigenvalue weighted by Gasteiger charge is 2.70. The molecule has 4 nitrogen and oxygen atoms in total. The van der Waals surface area contributed by atoms with Crippen molar-refractivity contribution in [1.82, 2.24) is 0 Å². The number of ether oxygens (including phenoxy) is 1. The summed E-state index contributed by atoms with van der Waals surface area (Å²) < 4.78 is 4.95. The van der Waals surface area contributed by atoms with Crippen LogP contribution in [0.1, 0.15) is 32.6 Å². The van der Waals surface area contributed by atoms with Gasteiger partial charge in [0.25, 0.3) is 0 Å². The van der Waals surface area contributed by atoms with E-state index >= 15 is 0 Å². The molecule has 2 saturated carbocycles. The van der Waals surface area contributed by atoms with Crippen LogP contribution in [-0.2, 0) is 9.53 Å². The fourth-order valence-electron chi connectivity index (χ4n) is 2.75. The number of hydrogen-bond donors (Lipinski definition) is 2. The van der Waals surface area contributed by atoms with Crippen LogP contribution in [-0.4, -0.2) is 29.3 Å². The van der Waals surface area contributed by atoms with E-state index in [2.05, 4.69) is 0 Å². The molecule has 2 aliphatic carbocycles. The van der Waals surface area contributed by atoms with Gasteiger partial charge in [-0.05, 0) is 19.8 Å². The summed E-state index contributed by atoms with van der Waals surface area (Å²) in [5, 5.41) is 9.68. The van der Waals surface area contributed by atoms with Crippen LogP contribution in [0.4, 0.5) is 0 Å². The lowest BCUT2D eigenvalue weighted by atomic mass is 9.44. The molecular weight excluding hydrogens is 182 g/mol. The van der Waals surface area contributed by atoms with Crippen molar-refractivity contribution in [3.63, 3.8) is 0 Å². The van der Waals surface area contributed by atoms with Crippen molar-refractivity contribution in [2.75, 3.05) is 6.61 Å². The molecule has 14 heavy (non-hydrogen) atoms. The van der Waals surface area contributed by atoms with Crippen molar-refractivity contribution in [2.24, 2.45) is 11.1 Å². The molecule has 0 bridgehead atoms. The lowest BCUT2D eigenvalue weighted by molar-refractivity contribution is -0.208. The highest BCUT2D eigenvalue weighted by atomic mass is 16.5. The quantitative estimate of drug-likeness (QED) is 0.622. The molecule has 1 spiro atoms. The fraction of sp³-hybridized carbons (Fsp3) is 0.900. The van der Waals surface area contributed by atoms with Crippen molar-refractivity contribution in [2.45, 2.75) is 44.2 Å². The summed E-state index contributed by atoms with van der Waals surface area (Å²) in [6, 6.07) is 0. The number of rotatable bonds is 2. The lowest BCUT2D eigenvalue weighted by Gasteiger charge is -2.63. The van der Waals surface area contributed by atoms with Gasteiger partial charge in [-0.3, -0.25) is 4.79 Å². The van der Waals surface area contributed by atoms with Crippen molar-refractivity contribution in [3.8, 4) is 0 Å².